The lowest BCUT2D eigenvalue weighted by Gasteiger charge is -2.06. The van der Waals surface area contributed by atoms with Crippen molar-refractivity contribution < 1.29 is 18.1 Å². The highest BCUT2D eigenvalue weighted by atomic mass is 19.2. The molecule has 5 heteroatoms. The van der Waals surface area contributed by atoms with Gasteiger partial charge in [0.2, 0.25) is 0 Å². The average Bonchev–Trinajstić information content (AvgIpc) is 2.58. The molecule has 17 heavy (non-hydrogen) atoms. The Morgan fingerprint density at radius 2 is 1.88 bits per heavy atom. The van der Waals surface area contributed by atoms with Crippen LogP contribution >= 0.6 is 0 Å². The van der Waals surface area contributed by atoms with Gasteiger partial charge in [-0.1, -0.05) is 0 Å². The number of nitrogens with one attached hydrogen (secondary N) is 2. The van der Waals surface area contributed by atoms with E-state index in [1.807, 2.05) is 14.1 Å². The van der Waals surface area contributed by atoms with E-state index in [-0.39, 0.29) is 5.52 Å². The lowest BCUT2D eigenvalue weighted by molar-refractivity contribution is -0.858. The van der Waals surface area contributed by atoms with Crippen molar-refractivity contribution in [2.45, 2.75) is 6.42 Å². The molecular formula is C12H14F3N2+. The SMILES string of the molecule is C[NH+](C)CCc1c(F)[nH]c2c(F)c(F)ccc12. The molecule has 1 aromatic carbocycles. The number of aromatic nitrogens is 1. The predicted molar refractivity (Wildman–Crippen MR) is 59.6 cm³/mol. The number of halogens is 3. The lowest BCUT2D eigenvalue weighted by Crippen LogP contribution is -3.06. The van der Waals surface area contributed by atoms with Gasteiger partial charge in [-0.15, -0.1) is 0 Å². The molecule has 0 aliphatic heterocycles. The fourth-order valence-electron chi connectivity index (χ4n) is 1.85. The number of fused-ring (bicyclic) bond motifs is 1. The second-order valence-corrected chi connectivity index (χ2v) is 4.41. The van der Waals surface area contributed by atoms with Gasteiger partial charge in [-0.2, -0.15) is 4.39 Å². The topological polar surface area (TPSA) is 20.2 Å². The van der Waals surface area contributed by atoms with Crippen LogP contribution < -0.4 is 4.90 Å². The molecule has 2 aromatic rings. The molecular weight excluding hydrogens is 229 g/mol. The number of rotatable bonds is 3. The molecule has 0 unspecified atom stereocenters. The maximum absolute atomic E-state index is 13.6. The Balaban J connectivity index is 2.49. The van der Waals surface area contributed by atoms with Crippen molar-refractivity contribution in [1.82, 2.24) is 4.98 Å². The summed E-state index contributed by atoms with van der Waals surface area (Å²) in [6, 6.07) is 2.44. The molecule has 0 amide bonds. The van der Waals surface area contributed by atoms with Crippen LogP contribution in [-0.4, -0.2) is 25.6 Å². The zero-order valence-corrected chi connectivity index (χ0v) is 9.70. The van der Waals surface area contributed by atoms with Crippen LogP contribution in [0.5, 0.6) is 0 Å². The minimum absolute atomic E-state index is 0.0914. The molecule has 0 saturated heterocycles. The molecule has 0 radical (unpaired) electrons. The van der Waals surface area contributed by atoms with Gasteiger partial charge in [0.25, 0.3) is 0 Å². The maximum atomic E-state index is 13.6. The number of hydrogen-bond donors (Lipinski definition) is 2. The first-order valence-electron chi connectivity index (χ1n) is 5.43. The lowest BCUT2D eigenvalue weighted by atomic mass is 10.1. The van der Waals surface area contributed by atoms with Crippen molar-refractivity contribution in [2.75, 3.05) is 20.6 Å². The van der Waals surface area contributed by atoms with Crippen LogP contribution in [0.15, 0.2) is 12.1 Å². The molecule has 0 aliphatic rings. The molecule has 92 valence electrons. The van der Waals surface area contributed by atoms with Gasteiger partial charge in [-0.05, 0) is 12.1 Å². The van der Waals surface area contributed by atoms with E-state index in [0.717, 1.165) is 12.6 Å². The minimum atomic E-state index is -1.02. The Hall–Kier alpha value is -1.49. The Bertz CT molecular complexity index is 546. The third-order valence-corrected chi connectivity index (χ3v) is 2.79. The zero-order chi connectivity index (χ0) is 12.6. The van der Waals surface area contributed by atoms with Crippen LogP contribution in [0, 0.1) is 17.6 Å². The Morgan fingerprint density at radius 1 is 1.18 bits per heavy atom. The first-order chi connectivity index (χ1) is 8.00. The van der Waals surface area contributed by atoms with Crippen LogP contribution in [0.1, 0.15) is 5.56 Å². The average molecular weight is 243 g/mol. The van der Waals surface area contributed by atoms with Crippen molar-refractivity contribution >= 4 is 10.9 Å². The zero-order valence-electron chi connectivity index (χ0n) is 9.70. The summed E-state index contributed by atoms with van der Waals surface area (Å²) < 4.78 is 40.0. The number of benzene rings is 1. The molecule has 2 rings (SSSR count). The molecule has 1 aromatic heterocycles. The van der Waals surface area contributed by atoms with E-state index < -0.39 is 17.6 Å². The largest absolute Gasteiger partial charge is 0.340 e. The summed E-state index contributed by atoms with van der Waals surface area (Å²) in [7, 11) is 3.90. The van der Waals surface area contributed by atoms with Gasteiger partial charge in [0.05, 0.1) is 26.2 Å². The quantitative estimate of drug-likeness (QED) is 0.810. The summed E-state index contributed by atoms with van der Waals surface area (Å²) in [6.07, 6.45) is 0.485. The van der Waals surface area contributed by atoms with Gasteiger partial charge in [-0.25, -0.2) is 8.78 Å². The predicted octanol–water partition coefficient (Wildman–Crippen LogP) is 1.27. The van der Waals surface area contributed by atoms with E-state index in [1.54, 1.807) is 0 Å². The first kappa shape index (κ1) is 12.0. The summed E-state index contributed by atoms with van der Waals surface area (Å²) in [5.74, 6) is -2.57. The minimum Gasteiger partial charge on any atom is -0.340 e. The molecule has 0 saturated carbocycles. The Morgan fingerprint density at radius 3 is 2.53 bits per heavy atom. The van der Waals surface area contributed by atoms with E-state index in [4.69, 9.17) is 0 Å². The first-order valence-corrected chi connectivity index (χ1v) is 5.43. The third kappa shape index (κ3) is 2.15. The van der Waals surface area contributed by atoms with E-state index in [0.29, 0.717) is 17.4 Å². The summed E-state index contributed by atoms with van der Waals surface area (Å²) in [4.78, 5) is 3.44. The maximum Gasteiger partial charge on any atom is 0.195 e. The monoisotopic (exact) mass is 243 g/mol. The van der Waals surface area contributed by atoms with Crippen LogP contribution in [0.3, 0.4) is 0 Å². The number of hydrogen-bond acceptors (Lipinski definition) is 0. The number of aromatic amines is 1. The summed E-state index contributed by atoms with van der Waals surface area (Å²) >= 11 is 0. The van der Waals surface area contributed by atoms with E-state index in [1.165, 1.54) is 11.0 Å². The van der Waals surface area contributed by atoms with Crippen molar-refractivity contribution in [3.8, 4) is 0 Å². The standard InChI is InChI=1S/C12H13F3N2/c1-17(2)6-5-8-7-3-4-9(13)10(14)11(7)16-12(8)15/h3-4,16H,5-6H2,1-2H3/p+1. The van der Waals surface area contributed by atoms with Crippen LogP contribution in [0.2, 0.25) is 0 Å². The molecule has 2 nitrogen and oxygen atoms in total. The van der Waals surface area contributed by atoms with Crippen LogP contribution in [0.4, 0.5) is 13.2 Å². The Labute approximate surface area is 97.0 Å². The highest BCUT2D eigenvalue weighted by Gasteiger charge is 2.17. The van der Waals surface area contributed by atoms with Crippen LogP contribution in [0.25, 0.3) is 10.9 Å². The van der Waals surface area contributed by atoms with Crippen molar-refractivity contribution in [3.63, 3.8) is 0 Å². The summed E-state index contributed by atoms with van der Waals surface area (Å²) in [5.41, 5.74) is 0.325. The van der Waals surface area contributed by atoms with Crippen molar-refractivity contribution in [2.24, 2.45) is 0 Å². The fourth-order valence-corrected chi connectivity index (χ4v) is 1.85. The molecule has 0 bridgehead atoms. The second-order valence-electron chi connectivity index (χ2n) is 4.41. The molecule has 1 heterocycles. The highest BCUT2D eigenvalue weighted by molar-refractivity contribution is 5.84. The number of likely N-dealkylation sites (N-methyl/N-ethyl adjacent to an activating group) is 1. The molecule has 0 spiro atoms. The van der Waals surface area contributed by atoms with E-state index in [2.05, 4.69) is 4.98 Å². The van der Waals surface area contributed by atoms with Gasteiger partial charge in [0.15, 0.2) is 17.6 Å². The normalized spacial score (nSPS) is 11.6. The molecule has 0 aliphatic carbocycles. The van der Waals surface area contributed by atoms with Crippen LogP contribution in [-0.2, 0) is 6.42 Å². The molecule has 0 fully saturated rings. The van der Waals surface area contributed by atoms with E-state index in [9.17, 15) is 13.2 Å². The Kier molecular flexibility index (Phi) is 3.11. The van der Waals surface area contributed by atoms with Gasteiger partial charge in [-0.3, -0.25) is 0 Å². The smallest absolute Gasteiger partial charge is 0.195 e. The fraction of sp³-hybridized carbons (Fsp3) is 0.333. The van der Waals surface area contributed by atoms with Gasteiger partial charge in [0.1, 0.15) is 0 Å². The summed E-state index contributed by atoms with van der Waals surface area (Å²) in [6.45, 7) is 0.725. The van der Waals surface area contributed by atoms with E-state index >= 15 is 0 Å². The number of H-pyrrole nitrogens is 1. The number of quaternary nitrogens is 1. The summed E-state index contributed by atoms with van der Waals surface area (Å²) in [5, 5.41) is 0.419. The van der Waals surface area contributed by atoms with Gasteiger partial charge >= 0.3 is 0 Å². The van der Waals surface area contributed by atoms with Crippen molar-refractivity contribution in [1.29, 1.82) is 0 Å². The molecule has 0 atom stereocenters. The highest BCUT2D eigenvalue weighted by Crippen LogP contribution is 2.25. The second kappa shape index (κ2) is 4.41. The third-order valence-electron chi connectivity index (χ3n) is 2.79. The van der Waals surface area contributed by atoms with Gasteiger partial charge < -0.3 is 9.88 Å². The molecule has 2 N–H and O–H groups in total. The van der Waals surface area contributed by atoms with Gasteiger partial charge in [0, 0.05) is 17.4 Å². The van der Waals surface area contributed by atoms with Crippen molar-refractivity contribution in [3.05, 3.63) is 35.3 Å².